The zero-order valence-corrected chi connectivity index (χ0v) is 12.0. The lowest BCUT2D eigenvalue weighted by Gasteiger charge is -2.33. The number of hydrogen-bond acceptors (Lipinski definition) is 2. The van der Waals surface area contributed by atoms with E-state index in [0.29, 0.717) is 17.9 Å². The van der Waals surface area contributed by atoms with Crippen LogP contribution in [-0.4, -0.2) is 29.1 Å². The molecule has 4 atom stereocenters. The molecule has 1 aliphatic heterocycles. The molecular weight excluding hydrogens is 212 g/mol. The van der Waals surface area contributed by atoms with E-state index in [2.05, 4.69) is 44.8 Å². The molecule has 17 heavy (non-hydrogen) atoms. The fourth-order valence-electron chi connectivity index (χ4n) is 2.61. The quantitative estimate of drug-likeness (QED) is 0.774. The lowest BCUT2D eigenvalue weighted by molar-refractivity contribution is -0.133. The van der Waals surface area contributed by atoms with E-state index in [0.717, 1.165) is 25.7 Å². The van der Waals surface area contributed by atoms with Crippen molar-refractivity contribution >= 4 is 5.91 Å². The molecule has 1 heterocycles. The first kappa shape index (κ1) is 14.5. The maximum Gasteiger partial charge on any atom is 0.241 e. The lowest BCUT2D eigenvalue weighted by Crippen LogP contribution is -2.46. The second kappa shape index (κ2) is 6.39. The summed E-state index contributed by atoms with van der Waals surface area (Å²) in [5, 5.41) is 3.48. The van der Waals surface area contributed by atoms with Crippen molar-refractivity contribution in [2.24, 2.45) is 5.92 Å². The summed E-state index contributed by atoms with van der Waals surface area (Å²) >= 11 is 0. The zero-order valence-electron chi connectivity index (χ0n) is 12.0. The number of carbonyl (C=O) groups excluding carboxylic acids is 1. The van der Waals surface area contributed by atoms with Gasteiger partial charge in [0, 0.05) is 6.04 Å². The molecule has 3 nitrogen and oxygen atoms in total. The van der Waals surface area contributed by atoms with Crippen LogP contribution in [-0.2, 0) is 4.79 Å². The third-order valence-corrected chi connectivity index (χ3v) is 4.16. The van der Waals surface area contributed by atoms with Gasteiger partial charge in [0.2, 0.25) is 5.91 Å². The van der Waals surface area contributed by atoms with E-state index >= 15 is 0 Å². The average Bonchev–Trinajstić information content (AvgIpc) is 2.64. The van der Waals surface area contributed by atoms with Gasteiger partial charge in [-0.2, -0.15) is 0 Å². The van der Waals surface area contributed by atoms with Crippen LogP contribution in [0.2, 0.25) is 0 Å². The molecule has 1 N–H and O–H groups in total. The Balaban J connectivity index is 2.80. The molecule has 0 aromatic rings. The van der Waals surface area contributed by atoms with Crippen LogP contribution in [0, 0.1) is 5.92 Å². The van der Waals surface area contributed by atoms with Crippen LogP contribution in [0.15, 0.2) is 0 Å². The lowest BCUT2D eigenvalue weighted by atomic mass is 9.98. The Morgan fingerprint density at radius 3 is 2.41 bits per heavy atom. The molecule has 0 radical (unpaired) electrons. The highest BCUT2D eigenvalue weighted by Crippen LogP contribution is 2.24. The van der Waals surface area contributed by atoms with Crippen molar-refractivity contribution in [3.05, 3.63) is 0 Å². The molecule has 1 aliphatic rings. The summed E-state index contributed by atoms with van der Waals surface area (Å²) in [4.78, 5) is 14.5. The maximum atomic E-state index is 12.3. The van der Waals surface area contributed by atoms with E-state index in [9.17, 15) is 4.79 Å². The molecule has 0 aliphatic carbocycles. The van der Waals surface area contributed by atoms with Gasteiger partial charge in [0.05, 0.1) is 12.2 Å². The van der Waals surface area contributed by atoms with Crippen molar-refractivity contribution in [1.29, 1.82) is 0 Å². The van der Waals surface area contributed by atoms with Crippen LogP contribution in [0.5, 0.6) is 0 Å². The number of carbonyl (C=O) groups is 1. The minimum absolute atomic E-state index is 0.0399. The van der Waals surface area contributed by atoms with Gasteiger partial charge in [-0.25, -0.2) is 0 Å². The van der Waals surface area contributed by atoms with Gasteiger partial charge in [-0.3, -0.25) is 10.1 Å². The van der Waals surface area contributed by atoms with Crippen LogP contribution in [0.25, 0.3) is 0 Å². The Morgan fingerprint density at radius 1 is 1.29 bits per heavy atom. The third-order valence-electron chi connectivity index (χ3n) is 4.16. The number of nitrogens with one attached hydrogen (secondary N) is 1. The standard InChI is InChI=1S/C14H28N2O/c1-6-9-13-15-12(8-3)14(17)16(13)11(5)10(4)7-2/h10-13,15H,6-9H2,1-5H3. The maximum absolute atomic E-state index is 12.3. The zero-order chi connectivity index (χ0) is 13.0. The Morgan fingerprint density at radius 2 is 1.94 bits per heavy atom. The minimum Gasteiger partial charge on any atom is -0.323 e. The first-order chi connectivity index (χ1) is 8.06. The van der Waals surface area contributed by atoms with Crippen molar-refractivity contribution in [1.82, 2.24) is 10.2 Å². The Labute approximate surface area is 106 Å². The molecule has 1 fully saturated rings. The average molecular weight is 240 g/mol. The smallest absolute Gasteiger partial charge is 0.241 e. The van der Waals surface area contributed by atoms with Gasteiger partial charge < -0.3 is 4.90 Å². The largest absolute Gasteiger partial charge is 0.323 e. The van der Waals surface area contributed by atoms with Crippen molar-refractivity contribution in [2.45, 2.75) is 78.6 Å². The number of rotatable bonds is 6. The summed E-state index contributed by atoms with van der Waals surface area (Å²) in [5.41, 5.74) is 0. The molecule has 4 unspecified atom stereocenters. The molecule has 3 heteroatoms. The normalized spacial score (nSPS) is 28.5. The summed E-state index contributed by atoms with van der Waals surface area (Å²) in [6.45, 7) is 10.9. The van der Waals surface area contributed by atoms with Gasteiger partial charge in [0.1, 0.15) is 0 Å². The highest BCUT2D eigenvalue weighted by molar-refractivity contribution is 5.84. The Hall–Kier alpha value is -0.570. The molecule has 1 rings (SSSR count). The second-order valence-electron chi connectivity index (χ2n) is 5.30. The van der Waals surface area contributed by atoms with Crippen LogP contribution in [0.1, 0.15) is 60.3 Å². The fraction of sp³-hybridized carbons (Fsp3) is 0.929. The number of nitrogens with zero attached hydrogens (tertiary/aromatic N) is 1. The van der Waals surface area contributed by atoms with E-state index in [1.54, 1.807) is 0 Å². The summed E-state index contributed by atoms with van der Waals surface area (Å²) < 4.78 is 0. The first-order valence-corrected chi connectivity index (χ1v) is 7.14. The summed E-state index contributed by atoms with van der Waals surface area (Å²) in [6.07, 6.45) is 4.44. The summed E-state index contributed by atoms with van der Waals surface area (Å²) in [6, 6.07) is 0.381. The van der Waals surface area contributed by atoms with Gasteiger partial charge in [0.25, 0.3) is 0 Å². The number of amides is 1. The molecule has 1 amide bonds. The van der Waals surface area contributed by atoms with E-state index in [4.69, 9.17) is 0 Å². The van der Waals surface area contributed by atoms with Crippen LogP contribution < -0.4 is 5.32 Å². The van der Waals surface area contributed by atoms with Gasteiger partial charge in [-0.05, 0) is 25.7 Å². The van der Waals surface area contributed by atoms with Gasteiger partial charge >= 0.3 is 0 Å². The minimum atomic E-state index is 0.0399. The first-order valence-electron chi connectivity index (χ1n) is 7.14. The molecule has 1 saturated heterocycles. The highest BCUT2D eigenvalue weighted by Gasteiger charge is 2.40. The van der Waals surface area contributed by atoms with E-state index in [-0.39, 0.29) is 12.2 Å². The van der Waals surface area contributed by atoms with E-state index < -0.39 is 0 Å². The predicted octanol–water partition coefficient (Wildman–Crippen LogP) is 2.76. The number of hydrogen-bond donors (Lipinski definition) is 1. The third kappa shape index (κ3) is 3.01. The molecule has 0 bridgehead atoms. The second-order valence-corrected chi connectivity index (χ2v) is 5.30. The Bertz CT molecular complexity index is 255. The van der Waals surface area contributed by atoms with Crippen LogP contribution in [0.4, 0.5) is 0 Å². The van der Waals surface area contributed by atoms with Crippen molar-refractivity contribution in [3.8, 4) is 0 Å². The van der Waals surface area contributed by atoms with Crippen molar-refractivity contribution < 1.29 is 4.79 Å². The van der Waals surface area contributed by atoms with E-state index in [1.807, 2.05) is 0 Å². The van der Waals surface area contributed by atoms with Crippen LogP contribution in [0.3, 0.4) is 0 Å². The van der Waals surface area contributed by atoms with Crippen molar-refractivity contribution in [2.75, 3.05) is 0 Å². The predicted molar refractivity (Wildman–Crippen MR) is 71.7 cm³/mol. The molecule has 100 valence electrons. The summed E-state index contributed by atoms with van der Waals surface area (Å²) in [7, 11) is 0. The Kier molecular flexibility index (Phi) is 5.44. The molecule has 0 aromatic carbocycles. The van der Waals surface area contributed by atoms with Crippen LogP contribution >= 0.6 is 0 Å². The molecular formula is C14H28N2O. The van der Waals surface area contributed by atoms with Gasteiger partial charge in [-0.15, -0.1) is 0 Å². The van der Waals surface area contributed by atoms with Crippen molar-refractivity contribution in [3.63, 3.8) is 0 Å². The molecule has 0 saturated carbocycles. The SMILES string of the molecule is CCCC1NC(CC)C(=O)N1C(C)C(C)CC. The monoisotopic (exact) mass is 240 g/mol. The summed E-state index contributed by atoms with van der Waals surface area (Å²) in [5.74, 6) is 0.870. The van der Waals surface area contributed by atoms with Gasteiger partial charge in [-0.1, -0.05) is 40.5 Å². The fourth-order valence-corrected chi connectivity index (χ4v) is 2.61. The highest BCUT2D eigenvalue weighted by atomic mass is 16.2. The van der Waals surface area contributed by atoms with E-state index in [1.165, 1.54) is 0 Å². The topological polar surface area (TPSA) is 32.3 Å². The molecule has 0 spiro atoms. The van der Waals surface area contributed by atoms with Gasteiger partial charge in [0.15, 0.2) is 0 Å². The molecule has 0 aromatic heterocycles.